The number of aromatic nitrogens is 3. The summed E-state index contributed by atoms with van der Waals surface area (Å²) in [7, 11) is 0. The van der Waals surface area contributed by atoms with Crippen LogP contribution in [0.25, 0.3) is 11.7 Å². The van der Waals surface area contributed by atoms with E-state index in [1.54, 1.807) is 10.8 Å². The quantitative estimate of drug-likeness (QED) is 0.547. The lowest BCUT2D eigenvalue weighted by molar-refractivity contribution is -0.686. The normalized spacial score (nSPS) is 18.2. The van der Waals surface area contributed by atoms with Crippen molar-refractivity contribution in [3.05, 3.63) is 33.8 Å². The zero-order chi connectivity index (χ0) is 20.5. The average molecular weight is 401 g/mol. The zero-order valence-corrected chi connectivity index (χ0v) is 17.1. The Bertz CT molecular complexity index is 994. The van der Waals surface area contributed by atoms with E-state index in [0.29, 0.717) is 18.1 Å². The highest BCUT2D eigenvalue weighted by molar-refractivity contribution is 5.96. The topological polar surface area (TPSA) is 103 Å². The van der Waals surface area contributed by atoms with E-state index in [0.717, 1.165) is 44.3 Å². The Labute approximate surface area is 169 Å². The third kappa shape index (κ3) is 4.07. The Morgan fingerprint density at radius 2 is 2.07 bits per heavy atom. The SMILES string of the molecule is CC(C)C[n+]1c(O)c(C(=O)NC2CC2)c(=O)n2[nH]cc(/C=C/C3CCNCC3)c21. The number of hydrogen-bond donors (Lipinski definition) is 4. The van der Waals surface area contributed by atoms with Crippen LogP contribution >= 0.6 is 0 Å². The van der Waals surface area contributed by atoms with E-state index in [-0.39, 0.29) is 23.4 Å². The lowest BCUT2D eigenvalue weighted by Crippen LogP contribution is -2.46. The van der Waals surface area contributed by atoms with Crippen molar-refractivity contribution in [2.75, 3.05) is 13.1 Å². The summed E-state index contributed by atoms with van der Waals surface area (Å²) in [5, 5.41) is 20.1. The van der Waals surface area contributed by atoms with Crippen LogP contribution in [-0.4, -0.2) is 39.8 Å². The smallest absolute Gasteiger partial charge is 0.378 e. The molecule has 0 spiro atoms. The first kappa shape index (κ1) is 19.7. The van der Waals surface area contributed by atoms with Crippen molar-refractivity contribution in [3.8, 4) is 5.88 Å². The fraction of sp³-hybridized carbons (Fsp3) is 0.571. The number of amides is 1. The maximum Gasteiger partial charge on any atom is 0.378 e. The third-order valence-corrected chi connectivity index (χ3v) is 5.59. The molecular weight excluding hydrogens is 370 g/mol. The molecule has 1 saturated heterocycles. The van der Waals surface area contributed by atoms with Crippen LogP contribution in [0.2, 0.25) is 0 Å². The van der Waals surface area contributed by atoms with Gasteiger partial charge < -0.3 is 15.7 Å². The van der Waals surface area contributed by atoms with Gasteiger partial charge in [0, 0.05) is 6.04 Å². The molecule has 0 radical (unpaired) electrons. The lowest BCUT2D eigenvalue weighted by atomic mass is 9.97. The van der Waals surface area contributed by atoms with Crippen molar-refractivity contribution in [2.45, 2.75) is 52.1 Å². The van der Waals surface area contributed by atoms with Gasteiger partial charge in [-0.2, -0.15) is 4.57 Å². The standard InChI is InChI=1S/C21H29N5O3/c1-13(2)12-25-19-15(4-3-14-7-9-22-10-8-14)11-23-26(19)21(29)17(20(25)28)18(27)24-16-5-6-16/h3-4,11,13-14,16,22H,5-10,12H2,1-2H3,(H2,24,27,28,29)/p+1/b4-3+. The number of carbonyl (C=O) groups is 1. The first-order valence-electron chi connectivity index (χ1n) is 10.5. The van der Waals surface area contributed by atoms with Crippen molar-refractivity contribution in [1.82, 2.24) is 20.2 Å². The van der Waals surface area contributed by atoms with E-state index in [9.17, 15) is 14.7 Å². The van der Waals surface area contributed by atoms with Crippen molar-refractivity contribution in [1.29, 1.82) is 0 Å². The fourth-order valence-corrected chi connectivity index (χ4v) is 3.88. The van der Waals surface area contributed by atoms with Gasteiger partial charge in [-0.25, -0.2) is 9.89 Å². The number of nitrogens with zero attached hydrogens (tertiary/aromatic N) is 2. The van der Waals surface area contributed by atoms with Gasteiger partial charge in [0.25, 0.3) is 5.91 Å². The van der Waals surface area contributed by atoms with Crippen LogP contribution in [-0.2, 0) is 6.54 Å². The second-order valence-electron chi connectivity index (χ2n) is 8.59. The van der Waals surface area contributed by atoms with E-state index in [4.69, 9.17) is 0 Å². The second kappa shape index (κ2) is 8.02. The number of fused-ring (bicyclic) bond motifs is 1. The van der Waals surface area contributed by atoms with E-state index in [2.05, 4.69) is 21.8 Å². The van der Waals surface area contributed by atoms with Gasteiger partial charge in [-0.3, -0.25) is 4.79 Å². The number of H-pyrrole nitrogens is 1. The molecule has 4 N–H and O–H groups in total. The van der Waals surface area contributed by atoms with Gasteiger partial charge in [-0.05, 0) is 56.7 Å². The molecule has 8 heteroatoms. The van der Waals surface area contributed by atoms with E-state index < -0.39 is 11.5 Å². The molecule has 8 nitrogen and oxygen atoms in total. The number of hydrogen-bond acceptors (Lipinski definition) is 4. The molecule has 2 aliphatic rings. The van der Waals surface area contributed by atoms with Gasteiger partial charge in [-0.1, -0.05) is 24.4 Å². The molecule has 0 atom stereocenters. The molecule has 3 heterocycles. The van der Waals surface area contributed by atoms with E-state index in [1.807, 2.05) is 19.9 Å². The van der Waals surface area contributed by atoms with Crippen LogP contribution in [0.5, 0.6) is 5.88 Å². The summed E-state index contributed by atoms with van der Waals surface area (Å²) in [5.41, 5.74) is 0.669. The maximum absolute atomic E-state index is 13.0. The summed E-state index contributed by atoms with van der Waals surface area (Å²) in [5.74, 6) is -0.0578. The molecule has 2 aromatic heterocycles. The molecule has 2 fully saturated rings. The molecule has 0 aromatic carbocycles. The van der Waals surface area contributed by atoms with Crippen molar-refractivity contribution in [2.24, 2.45) is 11.8 Å². The van der Waals surface area contributed by atoms with Crippen LogP contribution in [0.1, 0.15) is 55.5 Å². The average Bonchev–Trinajstić information content (AvgIpc) is 3.40. The van der Waals surface area contributed by atoms with Crippen LogP contribution in [0.3, 0.4) is 0 Å². The van der Waals surface area contributed by atoms with Crippen LogP contribution < -0.4 is 20.8 Å². The number of piperidine rings is 1. The van der Waals surface area contributed by atoms with Gasteiger partial charge in [-0.15, -0.1) is 0 Å². The first-order chi connectivity index (χ1) is 14.0. The number of nitrogens with one attached hydrogen (secondary N) is 3. The third-order valence-electron chi connectivity index (χ3n) is 5.59. The highest BCUT2D eigenvalue weighted by Gasteiger charge is 2.34. The van der Waals surface area contributed by atoms with Gasteiger partial charge in [0.05, 0.1) is 18.3 Å². The van der Waals surface area contributed by atoms with Crippen LogP contribution in [0, 0.1) is 11.8 Å². The Kier molecular flexibility index (Phi) is 5.45. The minimum absolute atomic E-state index is 0.104. The minimum atomic E-state index is -0.530. The number of carbonyl (C=O) groups excluding carboxylic acids is 1. The maximum atomic E-state index is 13.0. The second-order valence-corrected chi connectivity index (χ2v) is 8.59. The van der Waals surface area contributed by atoms with Crippen LogP contribution in [0.15, 0.2) is 17.1 Å². The molecule has 1 aliphatic heterocycles. The summed E-state index contributed by atoms with van der Waals surface area (Å²) < 4.78 is 3.04. The molecular formula is C21H30N5O3+. The number of allylic oxidation sites excluding steroid dienone is 1. The van der Waals surface area contributed by atoms with Gasteiger partial charge in [0.15, 0.2) is 0 Å². The molecule has 0 bridgehead atoms. The molecule has 1 amide bonds. The highest BCUT2D eigenvalue weighted by Crippen LogP contribution is 2.21. The highest BCUT2D eigenvalue weighted by atomic mass is 16.3. The molecule has 2 aromatic rings. The predicted octanol–water partition coefficient (Wildman–Crippen LogP) is 1.18. The first-order valence-corrected chi connectivity index (χ1v) is 10.5. The lowest BCUT2D eigenvalue weighted by Gasteiger charge is -2.18. The monoisotopic (exact) mass is 400 g/mol. The van der Waals surface area contributed by atoms with Crippen molar-refractivity contribution >= 4 is 17.6 Å². The molecule has 156 valence electrons. The van der Waals surface area contributed by atoms with Crippen LogP contribution in [0.4, 0.5) is 0 Å². The zero-order valence-electron chi connectivity index (χ0n) is 17.1. The summed E-state index contributed by atoms with van der Waals surface area (Å²) in [6.07, 6.45) is 9.95. The molecule has 29 heavy (non-hydrogen) atoms. The largest absolute Gasteiger partial charge is 0.477 e. The molecule has 1 aliphatic carbocycles. The van der Waals surface area contributed by atoms with E-state index >= 15 is 0 Å². The van der Waals surface area contributed by atoms with Gasteiger partial charge in [0.1, 0.15) is 0 Å². The van der Waals surface area contributed by atoms with Crippen molar-refractivity contribution < 1.29 is 14.5 Å². The summed E-state index contributed by atoms with van der Waals surface area (Å²) in [4.78, 5) is 25.6. The molecule has 1 saturated carbocycles. The molecule has 4 rings (SSSR count). The Balaban J connectivity index is 1.79. The number of rotatable bonds is 6. The van der Waals surface area contributed by atoms with Crippen molar-refractivity contribution in [3.63, 3.8) is 0 Å². The van der Waals surface area contributed by atoms with Gasteiger partial charge in [0.2, 0.25) is 5.56 Å². The Hall–Kier alpha value is -2.61. The number of aromatic amines is 1. The molecule has 0 unspecified atom stereocenters. The predicted molar refractivity (Wildman–Crippen MR) is 110 cm³/mol. The Morgan fingerprint density at radius 3 is 2.72 bits per heavy atom. The minimum Gasteiger partial charge on any atom is -0.477 e. The Morgan fingerprint density at radius 1 is 1.34 bits per heavy atom. The number of aromatic hydroxyl groups is 1. The summed E-state index contributed by atoms with van der Waals surface area (Å²) in [6.45, 7) is 6.58. The summed E-state index contributed by atoms with van der Waals surface area (Å²) >= 11 is 0. The fourth-order valence-electron chi connectivity index (χ4n) is 3.88. The summed E-state index contributed by atoms with van der Waals surface area (Å²) in [6, 6.07) is 0.104. The van der Waals surface area contributed by atoms with Gasteiger partial charge >= 0.3 is 17.1 Å². The van der Waals surface area contributed by atoms with E-state index in [1.165, 1.54) is 4.52 Å².